The predicted octanol–water partition coefficient (Wildman–Crippen LogP) is -0.617. The number of aliphatic hydroxyl groups is 1. The molecule has 8 heavy (non-hydrogen) atoms. The minimum Gasteiger partial charge on any atom is -0.508 e. The van der Waals surface area contributed by atoms with E-state index in [9.17, 15) is 4.79 Å². The van der Waals surface area contributed by atoms with Gasteiger partial charge in [-0.15, -0.1) is 0 Å². The molecule has 0 fully saturated rings. The largest absolute Gasteiger partial charge is 0.508 e. The van der Waals surface area contributed by atoms with E-state index in [-0.39, 0.29) is 5.76 Å². The maximum atomic E-state index is 10.0. The smallest absolute Gasteiger partial charge is 0.337 e. The molecule has 3 heteroatoms. The van der Waals surface area contributed by atoms with E-state index in [1.807, 2.05) is 0 Å². The number of quaternary nitrogens is 1. The van der Waals surface area contributed by atoms with Gasteiger partial charge in [-0.2, -0.15) is 0 Å². The van der Waals surface area contributed by atoms with E-state index in [2.05, 4.69) is 12.3 Å². The van der Waals surface area contributed by atoms with Crippen LogP contribution in [0.3, 0.4) is 0 Å². The first kappa shape index (κ1) is 6.91. The SMILES string of the molecule is C=CC(O)=CC([NH3+])=O. The van der Waals surface area contributed by atoms with Crippen molar-refractivity contribution in [3.8, 4) is 0 Å². The second kappa shape index (κ2) is 2.98. The summed E-state index contributed by atoms with van der Waals surface area (Å²) in [5.41, 5.74) is 3.00. The fourth-order valence-electron chi connectivity index (χ4n) is 0.224. The molecule has 0 unspecified atom stereocenters. The van der Waals surface area contributed by atoms with E-state index in [4.69, 9.17) is 5.11 Å². The van der Waals surface area contributed by atoms with Crippen LogP contribution in [-0.2, 0) is 4.79 Å². The van der Waals surface area contributed by atoms with Gasteiger partial charge < -0.3 is 5.11 Å². The van der Waals surface area contributed by atoms with E-state index in [1.54, 1.807) is 0 Å². The molecule has 1 amide bonds. The van der Waals surface area contributed by atoms with Gasteiger partial charge in [-0.1, -0.05) is 6.58 Å². The second-order valence-electron chi connectivity index (χ2n) is 1.24. The van der Waals surface area contributed by atoms with Crippen molar-refractivity contribution in [3.05, 3.63) is 24.5 Å². The summed E-state index contributed by atoms with van der Waals surface area (Å²) in [5, 5.41) is 8.51. The summed E-state index contributed by atoms with van der Waals surface area (Å²) < 4.78 is 0. The topological polar surface area (TPSA) is 64.9 Å². The zero-order valence-electron chi connectivity index (χ0n) is 4.42. The molecule has 0 rings (SSSR count). The van der Waals surface area contributed by atoms with Crippen LogP contribution in [0.15, 0.2) is 24.5 Å². The van der Waals surface area contributed by atoms with Crippen molar-refractivity contribution in [1.29, 1.82) is 0 Å². The molecule has 44 valence electrons. The van der Waals surface area contributed by atoms with Crippen LogP contribution in [-0.4, -0.2) is 11.0 Å². The highest BCUT2D eigenvalue weighted by atomic mass is 16.3. The van der Waals surface area contributed by atoms with Gasteiger partial charge >= 0.3 is 5.91 Å². The third-order valence-electron chi connectivity index (χ3n) is 0.518. The molecule has 4 N–H and O–H groups in total. The lowest BCUT2D eigenvalue weighted by molar-refractivity contribution is -0.297. The molecule has 0 aliphatic heterocycles. The van der Waals surface area contributed by atoms with Crippen LogP contribution in [0.4, 0.5) is 0 Å². The molecule has 0 aromatic rings. The Morgan fingerprint density at radius 2 is 2.25 bits per heavy atom. The predicted molar refractivity (Wildman–Crippen MR) is 28.8 cm³/mol. The summed E-state index contributed by atoms with van der Waals surface area (Å²) in [7, 11) is 0. The van der Waals surface area contributed by atoms with Crippen molar-refractivity contribution in [2.45, 2.75) is 0 Å². The fourth-order valence-corrected chi connectivity index (χ4v) is 0.224. The normalized spacial score (nSPS) is 10.9. The Hall–Kier alpha value is -1.09. The summed E-state index contributed by atoms with van der Waals surface area (Å²) >= 11 is 0. The Labute approximate surface area is 47.1 Å². The Kier molecular flexibility index (Phi) is 2.58. The average Bonchev–Trinajstić information content (AvgIpc) is 1.65. The van der Waals surface area contributed by atoms with Crippen LogP contribution >= 0.6 is 0 Å². The van der Waals surface area contributed by atoms with Crippen molar-refractivity contribution in [2.75, 3.05) is 0 Å². The summed E-state index contributed by atoms with van der Waals surface area (Å²) in [6.07, 6.45) is 2.16. The van der Waals surface area contributed by atoms with Crippen LogP contribution in [0.1, 0.15) is 0 Å². The molecule has 0 aliphatic rings. The van der Waals surface area contributed by atoms with Gasteiger partial charge in [0.1, 0.15) is 5.76 Å². The average molecular weight is 114 g/mol. The first-order chi connectivity index (χ1) is 3.66. The van der Waals surface area contributed by atoms with Crippen molar-refractivity contribution in [3.63, 3.8) is 0 Å². The Morgan fingerprint density at radius 1 is 1.75 bits per heavy atom. The summed E-state index contributed by atoms with van der Waals surface area (Å²) in [4.78, 5) is 10.0. The Morgan fingerprint density at radius 3 is 2.38 bits per heavy atom. The lowest BCUT2D eigenvalue weighted by atomic mass is 10.4. The van der Waals surface area contributed by atoms with Gasteiger partial charge in [0.2, 0.25) is 0 Å². The molecule has 0 spiro atoms. The maximum Gasteiger partial charge on any atom is 0.337 e. The van der Waals surface area contributed by atoms with Gasteiger partial charge in [0, 0.05) is 0 Å². The molecule has 0 bridgehead atoms. The molecular weight excluding hydrogens is 106 g/mol. The van der Waals surface area contributed by atoms with Crippen LogP contribution in [0.5, 0.6) is 0 Å². The van der Waals surface area contributed by atoms with Gasteiger partial charge in [-0.25, -0.2) is 4.79 Å². The highest BCUT2D eigenvalue weighted by molar-refractivity contribution is 5.78. The molecule has 0 aromatic heterocycles. The number of hydrogen-bond acceptors (Lipinski definition) is 2. The standard InChI is InChI=1S/C5H7NO2/c1-2-4(7)3-5(6)8/h2-3,7H,1H2,(H2,6,8)/p+1. The lowest BCUT2D eigenvalue weighted by Gasteiger charge is -1.80. The van der Waals surface area contributed by atoms with Crippen molar-refractivity contribution < 1.29 is 15.6 Å². The van der Waals surface area contributed by atoms with Gasteiger partial charge in [0.25, 0.3) is 0 Å². The van der Waals surface area contributed by atoms with Crippen LogP contribution in [0.25, 0.3) is 0 Å². The number of aliphatic hydroxyl groups excluding tert-OH is 1. The molecule has 0 atom stereocenters. The third-order valence-corrected chi connectivity index (χ3v) is 0.518. The van der Waals surface area contributed by atoms with Gasteiger partial charge in [-0.3, -0.25) is 5.73 Å². The minimum atomic E-state index is -0.428. The highest BCUT2D eigenvalue weighted by Crippen LogP contribution is 1.83. The molecule has 0 saturated carbocycles. The zero-order chi connectivity index (χ0) is 6.57. The van der Waals surface area contributed by atoms with Crippen LogP contribution in [0, 0.1) is 0 Å². The first-order valence-electron chi connectivity index (χ1n) is 2.06. The molecule has 0 heterocycles. The lowest BCUT2D eigenvalue weighted by Crippen LogP contribution is -2.55. The van der Waals surface area contributed by atoms with E-state index in [0.29, 0.717) is 0 Å². The zero-order valence-corrected chi connectivity index (χ0v) is 4.42. The number of allylic oxidation sites excluding steroid dienone is 1. The van der Waals surface area contributed by atoms with Crippen molar-refractivity contribution in [1.82, 2.24) is 0 Å². The van der Waals surface area contributed by atoms with Crippen LogP contribution < -0.4 is 5.73 Å². The van der Waals surface area contributed by atoms with Crippen molar-refractivity contribution in [2.24, 2.45) is 0 Å². The monoisotopic (exact) mass is 114 g/mol. The molecule has 0 radical (unpaired) electrons. The molecule has 3 nitrogen and oxygen atoms in total. The minimum absolute atomic E-state index is 0.148. The summed E-state index contributed by atoms with van der Waals surface area (Å²) in [6.45, 7) is 3.22. The van der Waals surface area contributed by atoms with Crippen molar-refractivity contribution >= 4 is 5.91 Å². The number of carbonyl (C=O) groups excluding carboxylic acids is 1. The van der Waals surface area contributed by atoms with E-state index < -0.39 is 5.91 Å². The van der Waals surface area contributed by atoms with Gasteiger partial charge in [-0.05, 0) is 6.08 Å². The van der Waals surface area contributed by atoms with E-state index in [1.165, 1.54) is 6.08 Å². The van der Waals surface area contributed by atoms with Crippen LogP contribution in [0.2, 0.25) is 0 Å². The maximum absolute atomic E-state index is 10.0. The molecule has 0 aliphatic carbocycles. The summed E-state index contributed by atoms with van der Waals surface area (Å²) in [6, 6.07) is 0. The molecule has 0 aromatic carbocycles. The quantitative estimate of drug-likeness (QED) is 0.285. The number of hydrogen-bond donors (Lipinski definition) is 2. The molecule has 0 saturated heterocycles. The third kappa shape index (κ3) is 3.11. The van der Waals surface area contributed by atoms with Gasteiger partial charge in [0.15, 0.2) is 0 Å². The first-order valence-corrected chi connectivity index (χ1v) is 2.06. The fraction of sp³-hybridized carbons (Fsp3) is 0. The number of rotatable bonds is 2. The summed E-state index contributed by atoms with van der Waals surface area (Å²) in [5.74, 6) is -0.576. The van der Waals surface area contributed by atoms with E-state index in [0.717, 1.165) is 6.08 Å². The number of carbonyl (C=O) groups is 1. The second-order valence-corrected chi connectivity index (χ2v) is 1.24. The Balaban J connectivity index is 3.94. The number of amides is 1. The Bertz CT molecular complexity index is 137. The van der Waals surface area contributed by atoms with E-state index >= 15 is 0 Å². The molecular formula is C5H8NO2+. The highest BCUT2D eigenvalue weighted by Gasteiger charge is 1.90. The van der Waals surface area contributed by atoms with Gasteiger partial charge in [0.05, 0.1) is 6.08 Å².